The van der Waals surface area contributed by atoms with Gasteiger partial charge in [-0.3, -0.25) is 4.79 Å². The van der Waals surface area contributed by atoms with Crippen molar-refractivity contribution in [3.8, 4) is 17.4 Å². The molecule has 1 unspecified atom stereocenters. The number of benzene rings is 2. The molecule has 0 fully saturated rings. The van der Waals surface area contributed by atoms with E-state index in [1.165, 1.54) is 5.56 Å². The molecule has 2 aromatic carbocycles. The van der Waals surface area contributed by atoms with Crippen LogP contribution in [0.3, 0.4) is 0 Å². The first-order chi connectivity index (χ1) is 13.2. The highest BCUT2D eigenvalue weighted by molar-refractivity contribution is 5.97. The molecule has 5 nitrogen and oxygen atoms in total. The second kappa shape index (κ2) is 7.50. The van der Waals surface area contributed by atoms with Gasteiger partial charge in [-0.2, -0.15) is 0 Å². The molecule has 27 heavy (non-hydrogen) atoms. The molecule has 2 heterocycles. The first-order valence-corrected chi connectivity index (χ1v) is 8.92. The second-order valence-electron chi connectivity index (χ2n) is 6.48. The lowest BCUT2D eigenvalue weighted by Crippen LogP contribution is -2.39. The molecule has 1 aliphatic rings. The van der Waals surface area contributed by atoms with Crippen molar-refractivity contribution in [2.24, 2.45) is 0 Å². The molecule has 1 atom stereocenters. The van der Waals surface area contributed by atoms with E-state index >= 15 is 0 Å². The SMILES string of the molecule is CC1Cc2ccccc2N1C(=O)COc1ccc(Oc2ccccn2)cc1. The highest BCUT2D eigenvalue weighted by Crippen LogP contribution is 2.32. The maximum atomic E-state index is 12.7. The Morgan fingerprint density at radius 1 is 1.04 bits per heavy atom. The quantitative estimate of drug-likeness (QED) is 0.683. The second-order valence-corrected chi connectivity index (χ2v) is 6.48. The topological polar surface area (TPSA) is 51.7 Å². The summed E-state index contributed by atoms with van der Waals surface area (Å²) in [6.07, 6.45) is 2.55. The van der Waals surface area contributed by atoms with Crippen LogP contribution in [0.15, 0.2) is 72.9 Å². The average molecular weight is 360 g/mol. The van der Waals surface area contributed by atoms with Crippen LogP contribution >= 0.6 is 0 Å². The third-order valence-corrected chi connectivity index (χ3v) is 4.52. The number of hydrogen-bond donors (Lipinski definition) is 0. The van der Waals surface area contributed by atoms with Gasteiger partial charge in [0.15, 0.2) is 6.61 Å². The number of amides is 1. The zero-order chi connectivity index (χ0) is 18.6. The Morgan fingerprint density at radius 3 is 2.56 bits per heavy atom. The number of para-hydroxylation sites is 1. The first-order valence-electron chi connectivity index (χ1n) is 8.92. The van der Waals surface area contributed by atoms with Crippen molar-refractivity contribution < 1.29 is 14.3 Å². The van der Waals surface area contributed by atoms with Gasteiger partial charge in [0.2, 0.25) is 5.88 Å². The van der Waals surface area contributed by atoms with E-state index in [-0.39, 0.29) is 18.6 Å². The molecule has 0 spiro atoms. The van der Waals surface area contributed by atoms with Crippen molar-refractivity contribution >= 4 is 11.6 Å². The van der Waals surface area contributed by atoms with Gasteiger partial charge in [0.05, 0.1) is 0 Å². The van der Waals surface area contributed by atoms with Gasteiger partial charge in [-0.1, -0.05) is 24.3 Å². The molecule has 1 aliphatic heterocycles. The summed E-state index contributed by atoms with van der Waals surface area (Å²) in [4.78, 5) is 18.6. The summed E-state index contributed by atoms with van der Waals surface area (Å²) < 4.78 is 11.3. The number of pyridine rings is 1. The number of aromatic nitrogens is 1. The standard InChI is InChI=1S/C22H20N2O3/c1-16-14-17-6-2-3-7-20(17)24(16)22(25)15-26-18-9-11-19(12-10-18)27-21-8-4-5-13-23-21/h2-13,16H,14-15H2,1H3. The number of fused-ring (bicyclic) bond motifs is 1. The predicted molar refractivity (Wildman–Crippen MR) is 103 cm³/mol. The van der Waals surface area contributed by atoms with Gasteiger partial charge in [-0.05, 0) is 55.3 Å². The van der Waals surface area contributed by atoms with Crippen molar-refractivity contribution in [2.45, 2.75) is 19.4 Å². The summed E-state index contributed by atoms with van der Waals surface area (Å²) in [7, 11) is 0. The smallest absolute Gasteiger partial charge is 0.265 e. The van der Waals surface area contributed by atoms with Crippen LogP contribution in [0, 0.1) is 0 Å². The van der Waals surface area contributed by atoms with Crippen molar-refractivity contribution in [2.75, 3.05) is 11.5 Å². The van der Waals surface area contributed by atoms with E-state index in [1.807, 2.05) is 35.2 Å². The van der Waals surface area contributed by atoms with E-state index in [1.54, 1.807) is 36.5 Å². The Labute approximate surface area is 158 Å². The summed E-state index contributed by atoms with van der Waals surface area (Å²) >= 11 is 0. The van der Waals surface area contributed by atoms with Crippen LogP contribution < -0.4 is 14.4 Å². The lowest BCUT2D eigenvalue weighted by Gasteiger charge is -2.22. The van der Waals surface area contributed by atoms with E-state index in [4.69, 9.17) is 9.47 Å². The number of hydrogen-bond acceptors (Lipinski definition) is 4. The van der Waals surface area contributed by atoms with Crippen molar-refractivity contribution in [1.29, 1.82) is 0 Å². The van der Waals surface area contributed by atoms with Gasteiger partial charge in [0.25, 0.3) is 5.91 Å². The van der Waals surface area contributed by atoms with Crippen LogP contribution in [0.1, 0.15) is 12.5 Å². The van der Waals surface area contributed by atoms with Crippen LogP contribution in [-0.2, 0) is 11.2 Å². The highest BCUT2D eigenvalue weighted by atomic mass is 16.5. The lowest BCUT2D eigenvalue weighted by atomic mass is 10.1. The molecule has 0 radical (unpaired) electrons. The van der Waals surface area contributed by atoms with Gasteiger partial charge in [0, 0.05) is 24.0 Å². The Kier molecular flexibility index (Phi) is 4.75. The summed E-state index contributed by atoms with van der Waals surface area (Å²) in [5.41, 5.74) is 2.19. The van der Waals surface area contributed by atoms with Crippen molar-refractivity contribution in [3.63, 3.8) is 0 Å². The molecular weight excluding hydrogens is 340 g/mol. The average Bonchev–Trinajstić information content (AvgIpc) is 3.04. The zero-order valence-electron chi connectivity index (χ0n) is 15.0. The molecule has 0 aliphatic carbocycles. The fourth-order valence-corrected chi connectivity index (χ4v) is 3.29. The largest absolute Gasteiger partial charge is 0.484 e. The Morgan fingerprint density at radius 2 is 1.78 bits per heavy atom. The molecule has 4 rings (SSSR count). The molecule has 1 amide bonds. The van der Waals surface area contributed by atoms with Gasteiger partial charge in [0.1, 0.15) is 11.5 Å². The van der Waals surface area contributed by atoms with Crippen LogP contribution in [0.5, 0.6) is 17.4 Å². The zero-order valence-corrected chi connectivity index (χ0v) is 15.0. The minimum absolute atomic E-state index is 0.000874. The van der Waals surface area contributed by atoms with E-state index in [0.717, 1.165) is 12.1 Å². The van der Waals surface area contributed by atoms with Gasteiger partial charge < -0.3 is 14.4 Å². The van der Waals surface area contributed by atoms with E-state index in [0.29, 0.717) is 17.4 Å². The molecule has 5 heteroatoms. The molecule has 0 saturated carbocycles. The number of nitrogens with zero attached hydrogens (tertiary/aromatic N) is 2. The number of rotatable bonds is 5. The fourth-order valence-electron chi connectivity index (χ4n) is 3.29. The molecule has 3 aromatic rings. The van der Waals surface area contributed by atoms with Gasteiger partial charge in [-0.25, -0.2) is 4.98 Å². The summed E-state index contributed by atoms with van der Waals surface area (Å²) in [5.74, 6) is 1.77. The first kappa shape index (κ1) is 17.1. The molecular formula is C22H20N2O3. The van der Waals surface area contributed by atoms with E-state index < -0.39 is 0 Å². The number of ether oxygens (including phenoxy) is 2. The minimum Gasteiger partial charge on any atom is -0.484 e. The van der Waals surface area contributed by atoms with Gasteiger partial charge in [-0.15, -0.1) is 0 Å². The Hall–Kier alpha value is -3.34. The summed E-state index contributed by atoms with van der Waals surface area (Å²) in [6, 6.07) is 20.8. The third kappa shape index (κ3) is 3.77. The third-order valence-electron chi connectivity index (χ3n) is 4.52. The number of carbonyl (C=O) groups excluding carboxylic acids is 1. The molecule has 1 aromatic heterocycles. The Bertz CT molecular complexity index is 926. The van der Waals surface area contributed by atoms with Crippen molar-refractivity contribution in [3.05, 3.63) is 78.5 Å². The normalized spacial score (nSPS) is 15.3. The van der Waals surface area contributed by atoms with Crippen LogP contribution in [0.2, 0.25) is 0 Å². The minimum atomic E-state index is -0.0405. The predicted octanol–water partition coefficient (Wildman–Crippen LogP) is 4.23. The maximum absolute atomic E-state index is 12.7. The van der Waals surface area contributed by atoms with Crippen molar-refractivity contribution in [1.82, 2.24) is 4.98 Å². The fraction of sp³-hybridized carbons (Fsp3) is 0.182. The van der Waals surface area contributed by atoms with E-state index in [9.17, 15) is 4.79 Å². The monoisotopic (exact) mass is 360 g/mol. The number of carbonyl (C=O) groups is 1. The Balaban J connectivity index is 1.37. The number of anilines is 1. The lowest BCUT2D eigenvalue weighted by molar-refractivity contribution is -0.120. The van der Waals surface area contributed by atoms with Crippen LogP contribution in [0.25, 0.3) is 0 Å². The highest BCUT2D eigenvalue weighted by Gasteiger charge is 2.30. The van der Waals surface area contributed by atoms with Crippen LogP contribution in [0.4, 0.5) is 5.69 Å². The summed E-state index contributed by atoms with van der Waals surface area (Å²) in [6.45, 7) is 2.06. The molecule has 0 N–H and O–H groups in total. The van der Waals surface area contributed by atoms with Crippen LogP contribution in [-0.4, -0.2) is 23.5 Å². The van der Waals surface area contributed by atoms with E-state index in [2.05, 4.69) is 18.0 Å². The molecule has 0 bridgehead atoms. The maximum Gasteiger partial charge on any atom is 0.265 e. The molecule has 0 saturated heterocycles. The van der Waals surface area contributed by atoms with Gasteiger partial charge >= 0.3 is 0 Å². The summed E-state index contributed by atoms with van der Waals surface area (Å²) in [5, 5.41) is 0. The molecule has 136 valence electrons.